The molecule has 0 bridgehead atoms. The van der Waals surface area contributed by atoms with Crippen LogP contribution in [0.3, 0.4) is 0 Å². The topological polar surface area (TPSA) is 364 Å². The largest absolute Gasteiger partial charge is 0.481 e. The van der Waals surface area contributed by atoms with E-state index in [9.17, 15) is 57.9 Å². The minimum atomic E-state index is -5.57. The molecule has 57 heavy (non-hydrogen) atoms. The zero-order valence-corrected chi connectivity index (χ0v) is 39.2. The number of amides is 2. The van der Waals surface area contributed by atoms with Gasteiger partial charge in [0.25, 0.3) is 0 Å². The molecule has 0 saturated carbocycles. The molecule has 1 aliphatic heterocycles. The number of thioether (sulfide) groups is 1. The second kappa shape index (κ2) is 20.8. The number of aromatic nitrogens is 4. The van der Waals surface area contributed by atoms with Crippen molar-refractivity contribution in [2.75, 3.05) is 37.8 Å². The van der Waals surface area contributed by atoms with Gasteiger partial charge in [-0.05, 0) is 18.2 Å². The molecule has 1 fully saturated rings. The molecule has 1 aliphatic carbocycles. The molecular weight excluding hydrogens is 1030 g/mol. The monoisotopic (exact) mass is 1070 g/mol. The summed E-state index contributed by atoms with van der Waals surface area (Å²) in [6, 6.07) is 0. The summed E-state index contributed by atoms with van der Waals surface area (Å²) in [6.45, 7) is 0.458. The fourth-order valence-corrected chi connectivity index (χ4v) is 8.53. The second-order valence-electron chi connectivity index (χ2n) is 12.6. The summed E-state index contributed by atoms with van der Waals surface area (Å²) in [5.74, 6) is -1.15. The van der Waals surface area contributed by atoms with E-state index in [1.807, 2.05) is 0 Å². The van der Waals surface area contributed by atoms with Crippen LogP contribution in [0.1, 0.15) is 32.9 Å². The molecule has 0 radical (unpaired) electrons. The summed E-state index contributed by atoms with van der Waals surface area (Å²) in [4.78, 5) is 87.7. The Bertz CT molecular complexity index is 2030. The summed E-state index contributed by atoms with van der Waals surface area (Å²) in [6.07, 6.45) is -1.42. The van der Waals surface area contributed by atoms with Crippen molar-refractivity contribution in [3.8, 4) is 0 Å². The molecule has 1 saturated heterocycles. The number of rotatable bonds is 20. The van der Waals surface area contributed by atoms with E-state index in [1.165, 1.54) is 13.8 Å². The van der Waals surface area contributed by atoms with Crippen molar-refractivity contribution in [1.29, 1.82) is 0 Å². The number of hydrogen-bond acceptors (Lipinski definition) is 18. The molecule has 4 rings (SSSR count). The van der Waals surface area contributed by atoms with Crippen LogP contribution >= 0.6 is 35.2 Å². The molecule has 312 valence electrons. The fourth-order valence-electron chi connectivity index (χ4n) is 4.97. The Morgan fingerprint density at radius 2 is 1.81 bits per heavy atom. The maximum atomic E-state index is 12.7. The van der Waals surface area contributed by atoms with Gasteiger partial charge >= 0.3 is 23.5 Å². The number of hydrogen-bond donors (Lipinski definition) is 9. The first-order chi connectivity index (χ1) is 26.1. The maximum Gasteiger partial charge on any atom is 0.481 e. The van der Waals surface area contributed by atoms with E-state index in [1.54, 1.807) is 18.2 Å². The van der Waals surface area contributed by atoms with E-state index >= 15 is 0 Å². The van der Waals surface area contributed by atoms with Crippen molar-refractivity contribution in [2.45, 2.75) is 57.3 Å². The predicted molar refractivity (Wildman–Crippen MR) is 192 cm³/mol. The van der Waals surface area contributed by atoms with Crippen LogP contribution in [-0.2, 0) is 78.4 Å². The van der Waals surface area contributed by atoms with Gasteiger partial charge in [0.1, 0.15) is 36.3 Å². The molecule has 10 N–H and O–H groups in total. The van der Waals surface area contributed by atoms with Crippen LogP contribution in [-0.4, -0.2) is 123 Å². The zero-order chi connectivity index (χ0) is 41.5. The van der Waals surface area contributed by atoms with Crippen LogP contribution in [0, 0.1) is 5.41 Å². The number of anilines is 1. The van der Waals surface area contributed by atoms with Gasteiger partial charge < -0.3 is 50.9 Å². The molecule has 3 heterocycles. The van der Waals surface area contributed by atoms with Crippen molar-refractivity contribution in [2.24, 2.45) is 5.41 Å². The van der Waals surface area contributed by atoms with Crippen LogP contribution in [0.4, 0.5) is 5.82 Å². The number of ether oxygens (including phenoxy) is 1. The summed E-state index contributed by atoms with van der Waals surface area (Å²) >= 11 is 1.04. The van der Waals surface area contributed by atoms with Crippen molar-refractivity contribution in [1.82, 2.24) is 30.2 Å². The second-order valence-corrected chi connectivity index (χ2v) is 17.9. The van der Waals surface area contributed by atoms with Crippen molar-refractivity contribution in [3.63, 3.8) is 0 Å². The molecule has 2 amide bonds. The normalized spacial score (nSPS) is 22.2. The van der Waals surface area contributed by atoms with E-state index < -0.39 is 84.6 Å². The number of nitrogens with one attached hydrogen (secondary N) is 2. The summed E-state index contributed by atoms with van der Waals surface area (Å²) in [7, 11) is -16.4. The maximum absolute atomic E-state index is 12.7. The Balaban J connectivity index is 0.00000870. The smallest absolute Gasteiger partial charge is 0.386 e. The van der Waals surface area contributed by atoms with E-state index in [0.29, 0.717) is 17.7 Å². The number of aliphatic hydroxyl groups is 2. The third kappa shape index (κ3) is 14.5. The molecule has 0 aromatic carbocycles. The van der Waals surface area contributed by atoms with Gasteiger partial charge in [0.2, 0.25) is 16.9 Å². The van der Waals surface area contributed by atoms with E-state index in [0.717, 1.165) is 29.0 Å². The minimum absolute atomic E-state index is 0. The molecule has 2 aromatic rings. The fraction of sp³-hybridized carbons (Fsp3) is 0.536. The Kier molecular flexibility index (Phi) is 17.9. The molecule has 29 heteroatoms. The van der Waals surface area contributed by atoms with Crippen LogP contribution in [0.15, 0.2) is 42.2 Å². The zero-order valence-electron chi connectivity index (χ0n) is 30.2. The third-order valence-electron chi connectivity index (χ3n) is 7.82. The first kappa shape index (κ1) is 49.1. The molecule has 0 spiro atoms. The first-order valence-electron chi connectivity index (χ1n) is 16.3. The van der Waals surface area contributed by atoms with Crippen LogP contribution in [0.5, 0.6) is 0 Å². The van der Waals surface area contributed by atoms with Gasteiger partial charge in [0.15, 0.2) is 17.7 Å². The number of aliphatic hydroxyl groups excluding tert-OH is 2. The molecule has 2 aliphatic rings. The van der Waals surface area contributed by atoms with E-state index in [-0.39, 0.29) is 69.3 Å². The summed E-state index contributed by atoms with van der Waals surface area (Å²) in [5, 5.41) is 26.2. The van der Waals surface area contributed by atoms with Crippen molar-refractivity contribution >= 4 is 69.1 Å². The number of phosphoric ester groups is 3. The number of allylic oxidation sites excluding steroid dienone is 2. The number of carbonyl (C=O) groups excluding carboxylic acids is 3. The van der Waals surface area contributed by atoms with Gasteiger partial charge in [-0.1, -0.05) is 25.6 Å². The van der Waals surface area contributed by atoms with E-state index in [4.69, 9.17) is 19.5 Å². The predicted octanol–water partition coefficient (Wildman–Crippen LogP) is -0.296. The van der Waals surface area contributed by atoms with Gasteiger partial charge in [0.05, 0.1) is 19.5 Å². The Hall–Kier alpha value is -2.24. The number of imidazole rings is 1. The minimum Gasteiger partial charge on any atom is -0.386 e. The van der Waals surface area contributed by atoms with Gasteiger partial charge in [-0.15, -0.1) is 5.73 Å². The van der Waals surface area contributed by atoms with Crippen LogP contribution < -0.4 is 16.4 Å². The van der Waals surface area contributed by atoms with Gasteiger partial charge in [-0.3, -0.25) is 32.5 Å². The van der Waals surface area contributed by atoms with Gasteiger partial charge in [0, 0.05) is 70.3 Å². The molecular formula is C28H40HgN7O17P3S. The van der Waals surface area contributed by atoms with Crippen molar-refractivity contribution < 1.29 is 108 Å². The van der Waals surface area contributed by atoms with Gasteiger partial charge in [-0.2, -0.15) is 4.31 Å². The Morgan fingerprint density at radius 1 is 1.11 bits per heavy atom. The number of nitrogens with zero attached hydrogens (tertiary/aromatic N) is 4. The van der Waals surface area contributed by atoms with Crippen LogP contribution in [0.25, 0.3) is 11.2 Å². The van der Waals surface area contributed by atoms with Gasteiger partial charge in [-0.25, -0.2) is 28.6 Å². The Labute approximate surface area is 348 Å². The first-order valence-corrected chi connectivity index (χ1v) is 21.8. The average Bonchev–Trinajstić information content (AvgIpc) is 3.68. The molecule has 2 aromatic heterocycles. The SMILES string of the molecule is CC(C)(COP(=O)(O)OP(=O)(O)OCC1OC(n2cnc3c(N)ncnc32)C(O)C1OP(=O)(O)O)C(O)C(=O)NCCC(=O)NCCSC(=O)C1=CC=C=CC1.[Hg]. The summed E-state index contributed by atoms with van der Waals surface area (Å²) < 4.78 is 62.1. The third-order valence-corrected chi connectivity index (χ3v) is 11.9. The van der Waals surface area contributed by atoms with Crippen molar-refractivity contribution in [3.05, 3.63) is 42.2 Å². The summed E-state index contributed by atoms with van der Waals surface area (Å²) in [5.41, 5.74) is 7.73. The van der Waals surface area contributed by atoms with Crippen LogP contribution in [0.2, 0.25) is 0 Å². The number of carbonyl (C=O) groups is 3. The van der Waals surface area contributed by atoms with E-state index in [2.05, 4.69) is 40.2 Å². The Morgan fingerprint density at radius 3 is 2.47 bits per heavy atom. The molecule has 7 atom stereocenters. The number of nitrogen functional groups attached to an aromatic ring is 1. The quantitative estimate of drug-likeness (QED) is 0.0356. The standard InChI is InChI=1S/C28H40N7O17P3S.Hg/c1-28(2,22(38)25(39)31-9-8-18(36)30-10-11-56-27(40)16-6-4-3-5-7-16)13-49-55(46,47)52-54(44,45)48-12-17-21(51-53(41,42)43)20(37)26(50-17)35-15-34-19-23(29)32-14-33-24(19)35;/h4-6,14-15,17,20-22,26,37-38H,7-13H2,1-2H3,(H,30,36)(H,31,39)(H,44,45)(H,46,47)(H2,29,32,33)(H2,41,42,43);. The molecule has 24 nitrogen and oxygen atoms in total. The number of nitrogens with two attached hydrogens (primary N) is 1. The number of phosphoric acid groups is 3. The average molecular weight is 1070 g/mol. The number of fused-ring (bicyclic) bond motifs is 1. The molecule has 7 unspecified atom stereocenters.